The predicted molar refractivity (Wildman–Crippen MR) is 63.2 cm³/mol. The Balaban J connectivity index is 2.22. The van der Waals surface area contributed by atoms with Gasteiger partial charge < -0.3 is 10.4 Å². The van der Waals surface area contributed by atoms with Crippen LogP contribution in [-0.2, 0) is 7.05 Å². The molecular formula is C12H21N3O. The summed E-state index contributed by atoms with van der Waals surface area (Å²) in [4.78, 5) is 0. The van der Waals surface area contributed by atoms with Gasteiger partial charge in [-0.15, -0.1) is 0 Å². The van der Waals surface area contributed by atoms with E-state index in [2.05, 4.69) is 10.4 Å². The topological polar surface area (TPSA) is 50.1 Å². The lowest BCUT2D eigenvalue weighted by molar-refractivity contribution is 0.0877. The number of aryl methyl sites for hydroxylation is 2. The van der Waals surface area contributed by atoms with Crippen molar-refractivity contribution in [2.24, 2.45) is 13.0 Å². The third-order valence-electron chi connectivity index (χ3n) is 3.69. The van der Waals surface area contributed by atoms with Crippen molar-refractivity contribution in [3.8, 4) is 0 Å². The van der Waals surface area contributed by atoms with Crippen LogP contribution in [0.5, 0.6) is 0 Å². The second kappa shape index (κ2) is 4.55. The van der Waals surface area contributed by atoms with Crippen LogP contribution in [0.15, 0.2) is 0 Å². The van der Waals surface area contributed by atoms with Gasteiger partial charge in [-0.2, -0.15) is 5.10 Å². The van der Waals surface area contributed by atoms with E-state index in [9.17, 15) is 5.11 Å². The van der Waals surface area contributed by atoms with Gasteiger partial charge in [-0.25, -0.2) is 0 Å². The molecule has 0 aromatic carbocycles. The molecule has 0 aliphatic carbocycles. The molecule has 1 atom stereocenters. The van der Waals surface area contributed by atoms with Crippen LogP contribution in [-0.4, -0.2) is 28.0 Å². The highest BCUT2D eigenvalue weighted by Crippen LogP contribution is 2.32. The van der Waals surface area contributed by atoms with E-state index >= 15 is 0 Å². The van der Waals surface area contributed by atoms with Crippen LogP contribution in [0.2, 0.25) is 0 Å². The zero-order valence-electron chi connectivity index (χ0n) is 10.3. The summed E-state index contributed by atoms with van der Waals surface area (Å²) in [6.07, 6.45) is 1.75. The summed E-state index contributed by atoms with van der Waals surface area (Å²) in [5.41, 5.74) is 3.09. The summed E-state index contributed by atoms with van der Waals surface area (Å²) in [7, 11) is 1.93. The summed E-state index contributed by atoms with van der Waals surface area (Å²) in [6, 6.07) is 0. The highest BCUT2D eigenvalue weighted by molar-refractivity contribution is 5.27. The number of aromatic nitrogens is 2. The largest absolute Gasteiger partial charge is 0.388 e. The number of rotatable bonds is 2. The average molecular weight is 223 g/mol. The van der Waals surface area contributed by atoms with E-state index in [1.807, 2.05) is 25.6 Å². The Morgan fingerprint density at radius 3 is 2.50 bits per heavy atom. The van der Waals surface area contributed by atoms with Crippen LogP contribution in [0.4, 0.5) is 0 Å². The zero-order valence-corrected chi connectivity index (χ0v) is 10.3. The second-order valence-electron chi connectivity index (χ2n) is 4.74. The van der Waals surface area contributed by atoms with Crippen molar-refractivity contribution in [3.63, 3.8) is 0 Å². The minimum Gasteiger partial charge on any atom is -0.388 e. The summed E-state index contributed by atoms with van der Waals surface area (Å²) in [6.45, 7) is 6.03. The van der Waals surface area contributed by atoms with Crippen molar-refractivity contribution in [3.05, 3.63) is 17.0 Å². The molecule has 90 valence electrons. The monoisotopic (exact) mass is 223 g/mol. The van der Waals surface area contributed by atoms with Crippen molar-refractivity contribution in [1.29, 1.82) is 0 Å². The van der Waals surface area contributed by atoms with Crippen LogP contribution in [0.3, 0.4) is 0 Å². The molecule has 0 amide bonds. The second-order valence-corrected chi connectivity index (χ2v) is 4.74. The van der Waals surface area contributed by atoms with Crippen LogP contribution < -0.4 is 5.32 Å². The fraction of sp³-hybridized carbons (Fsp3) is 0.750. The molecule has 1 fully saturated rings. The van der Waals surface area contributed by atoms with Gasteiger partial charge in [0.25, 0.3) is 0 Å². The molecule has 1 aliphatic rings. The molecule has 2 N–H and O–H groups in total. The number of piperidine rings is 1. The van der Waals surface area contributed by atoms with Crippen LogP contribution in [0.1, 0.15) is 35.9 Å². The first-order valence-corrected chi connectivity index (χ1v) is 6.00. The molecule has 0 radical (unpaired) electrons. The normalized spacial score (nSPS) is 20.0. The molecule has 0 bridgehead atoms. The van der Waals surface area contributed by atoms with Crippen LogP contribution in [0.25, 0.3) is 0 Å². The Hall–Kier alpha value is -0.870. The molecule has 0 saturated carbocycles. The maximum absolute atomic E-state index is 10.4. The van der Waals surface area contributed by atoms with Crippen molar-refractivity contribution in [2.75, 3.05) is 13.1 Å². The lowest BCUT2D eigenvalue weighted by Gasteiger charge is -2.27. The highest BCUT2D eigenvalue weighted by Gasteiger charge is 2.27. The lowest BCUT2D eigenvalue weighted by atomic mass is 9.87. The molecular weight excluding hydrogens is 202 g/mol. The van der Waals surface area contributed by atoms with Gasteiger partial charge in [-0.1, -0.05) is 0 Å². The van der Waals surface area contributed by atoms with Crippen molar-refractivity contribution in [2.45, 2.75) is 32.8 Å². The standard InChI is InChI=1S/C12H21N3O/c1-8-11(9(2)15(3)14-8)12(16)10-4-6-13-7-5-10/h10,12-13,16H,4-7H2,1-3H3. The fourth-order valence-electron chi connectivity index (χ4n) is 2.61. The first-order valence-electron chi connectivity index (χ1n) is 6.00. The SMILES string of the molecule is Cc1nn(C)c(C)c1C(O)C1CCNCC1. The Bertz CT molecular complexity index is 367. The predicted octanol–water partition coefficient (Wildman–Crippen LogP) is 1.07. The van der Waals surface area contributed by atoms with E-state index in [0.29, 0.717) is 5.92 Å². The van der Waals surface area contributed by atoms with Gasteiger partial charge in [-0.3, -0.25) is 4.68 Å². The Labute approximate surface area is 96.7 Å². The molecule has 1 unspecified atom stereocenters. The Morgan fingerprint density at radius 1 is 1.38 bits per heavy atom. The third kappa shape index (κ3) is 1.99. The number of hydrogen-bond donors (Lipinski definition) is 2. The highest BCUT2D eigenvalue weighted by atomic mass is 16.3. The lowest BCUT2D eigenvalue weighted by Crippen LogP contribution is -2.31. The van der Waals surface area contributed by atoms with E-state index in [1.165, 1.54) is 0 Å². The van der Waals surface area contributed by atoms with E-state index in [0.717, 1.165) is 42.9 Å². The maximum atomic E-state index is 10.4. The number of aliphatic hydroxyl groups is 1. The smallest absolute Gasteiger partial charge is 0.0854 e. The number of nitrogens with one attached hydrogen (secondary N) is 1. The quantitative estimate of drug-likeness (QED) is 0.788. The van der Waals surface area contributed by atoms with E-state index in [4.69, 9.17) is 0 Å². The van der Waals surface area contributed by atoms with E-state index < -0.39 is 0 Å². The molecule has 1 aliphatic heterocycles. The van der Waals surface area contributed by atoms with E-state index in [-0.39, 0.29) is 6.10 Å². The minimum atomic E-state index is -0.351. The van der Waals surface area contributed by atoms with Gasteiger partial charge >= 0.3 is 0 Å². The van der Waals surface area contributed by atoms with Gasteiger partial charge in [0, 0.05) is 18.3 Å². The molecule has 2 heterocycles. The average Bonchev–Trinajstić information content (AvgIpc) is 2.54. The molecule has 4 heteroatoms. The van der Waals surface area contributed by atoms with Crippen molar-refractivity contribution < 1.29 is 5.11 Å². The number of hydrogen-bond acceptors (Lipinski definition) is 3. The van der Waals surface area contributed by atoms with Gasteiger partial charge in [0.15, 0.2) is 0 Å². The molecule has 1 aromatic heterocycles. The first kappa shape index (κ1) is 11.6. The minimum absolute atomic E-state index is 0.351. The summed E-state index contributed by atoms with van der Waals surface area (Å²) >= 11 is 0. The molecule has 1 saturated heterocycles. The van der Waals surface area contributed by atoms with E-state index in [1.54, 1.807) is 0 Å². The zero-order chi connectivity index (χ0) is 11.7. The van der Waals surface area contributed by atoms with Crippen molar-refractivity contribution in [1.82, 2.24) is 15.1 Å². The van der Waals surface area contributed by atoms with Crippen molar-refractivity contribution >= 4 is 0 Å². The van der Waals surface area contributed by atoms with Gasteiger partial charge in [0.1, 0.15) is 0 Å². The Morgan fingerprint density at radius 2 is 2.00 bits per heavy atom. The maximum Gasteiger partial charge on any atom is 0.0854 e. The molecule has 4 nitrogen and oxygen atoms in total. The first-order chi connectivity index (χ1) is 7.61. The third-order valence-corrected chi connectivity index (χ3v) is 3.69. The summed E-state index contributed by atoms with van der Waals surface area (Å²) in [5, 5.41) is 18.1. The molecule has 1 aromatic rings. The summed E-state index contributed by atoms with van der Waals surface area (Å²) < 4.78 is 1.86. The number of aliphatic hydroxyl groups excluding tert-OH is 1. The number of nitrogens with zero attached hydrogens (tertiary/aromatic N) is 2. The fourth-order valence-corrected chi connectivity index (χ4v) is 2.61. The van der Waals surface area contributed by atoms with Gasteiger partial charge in [0.05, 0.1) is 11.8 Å². The molecule has 16 heavy (non-hydrogen) atoms. The van der Waals surface area contributed by atoms with Gasteiger partial charge in [0.2, 0.25) is 0 Å². The molecule has 2 rings (SSSR count). The van der Waals surface area contributed by atoms with Gasteiger partial charge in [-0.05, 0) is 45.7 Å². The van der Waals surface area contributed by atoms with Crippen LogP contribution in [0, 0.1) is 19.8 Å². The molecule has 0 spiro atoms. The summed E-state index contributed by atoms with van der Waals surface area (Å²) in [5.74, 6) is 0.378. The van der Waals surface area contributed by atoms with Crippen LogP contribution >= 0.6 is 0 Å². The Kier molecular flexibility index (Phi) is 3.30.